The van der Waals surface area contributed by atoms with E-state index >= 15 is 0 Å². The molecule has 1 aliphatic rings. The van der Waals surface area contributed by atoms with Crippen LogP contribution in [0.25, 0.3) is 0 Å². The number of carbonyl (C=O) groups is 1. The van der Waals surface area contributed by atoms with E-state index in [4.69, 9.17) is 11.6 Å². The number of amides is 1. The van der Waals surface area contributed by atoms with Gasteiger partial charge >= 0.3 is 0 Å². The zero-order valence-corrected chi connectivity index (χ0v) is 12.9. The average molecular weight is 349 g/mol. The maximum atomic E-state index is 13.8. The van der Waals surface area contributed by atoms with Gasteiger partial charge < -0.3 is 4.90 Å². The van der Waals surface area contributed by atoms with Gasteiger partial charge in [-0.1, -0.05) is 46.4 Å². The third-order valence-corrected chi connectivity index (χ3v) is 4.56. The Morgan fingerprint density at radius 2 is 2.21 bits per heavy atom. The Bertz CT molecular complexity index is 449. The first-order valence-electron chi connectivity index (χ1n) is 6.46. The predicted octanol–water partition coefficient (Wildman–Crippen LogP) is 4.26. The van der Waals surface area contributed by atoms with Crippen LogP contribution in [-0.4, -0.2) is 28.7 Å². The number of rotatable bonds is 2. The van der Waals surface area contributed by atoms with E-state index in [2.05, 4.69) is 15.9 Å². The van der Waals surface area contributed by atoms with Crippen LogP contribution in [0.1, 0.15) is 36.0 Å². The molecule has 0 N–H and O–H groups in total. The number of hydrogen-bond donors (Lipinski definition) is 0. The second kappa shape index (κ2) is 6.71. The lowest BCUT2D eigenvalue weighted by Crippen LogP contribution is -2.41. The van der Waals surface area contributed by atoms with Crippen molar-refractivity contribution in [3.8, 4) is 0 Å². The molecule has 1 unspecified atom stereocenters. The van der Waals surface area contributed by atoms with Crippen molar-refractivity contribution in [1.82, 2.24) is 4.90 Å². The summed E-state index contributed by atoms with van der Waals surface area (Å²) in [6.07, 6.45) is 4.12. The molecule has 0 bridgehead atoms. The van der Waals surface area contributed by atoms with Crippen molar-refractivity contribution >= 4 is 33.4 Å². The van der Waals surface area contributed by atoms with E-state index in [1.54, 1.807) is 11.0 Å². The Morgan fingerprint density at radius 3 is 2.89 bits per heavy atom. The molecular formula is C14H16BrClFNO. The van der Waals surface area contributed by atoms with E-state index < -0.39 is 5.82 Å². The zero-order valence-electron chi connectivity index (χ0n) is 10.5. The molecule has 5 heteroatoms. The number of halogens is 3. The highest BCUT2D eigenvalue weighted by Crippen LogP contribution is 2.25. The Morgan fingerprint density at radius 1 is 1.42 bits per heavy atom. The first-order chi connectivity index (χ1) is 9.15. The smallest absolute Gasteiger partial charge is 0.258 e. The number of nitrogens with zero attached hydrogens (tertiary/aromatic N) is 1. The molecule has 2 rings (SSSR count). The molecule has 0 saturated carbocycles. The summed E-state index contributed by atoms with van der Waals surface area (Å²) < 4.78 is 13.8. The molecule has 0 radical (unpaired) electrons. The van der Waals surface area contributed by atoms with Gasteiger partial charge in [0, 0.05) is 17.9 Å². The predicted molar refractivity (Wildman–Crippen MR) is 78.5 cm³/mol. The van der Waals surface area contributed by atoms with Crippen molar-refractivity contribution < 1.29 is 9.18 Å². The van der Waals surface area contributed by atoms with Gasteiger partial charge in [-0.25, -0.2) is 4.39 Å². The molecule has 0 aromatic heterocycles. The monoisotopic (exact) mass is 347 g/mol. The summed E-state index contributed by atoms with van der Waals surface area (Å²) in [5.41, 5.74) is -0.00276. The van der Waals surface area contributed by atoms with Gasteiger partial charge in [0.25, 0.3) is 5.91 Å². The van der Waals surface area contributed by atoms with Crippen LogP contribution >= 0.6 is 27.5 Å². The largest absolute Gasteiger partial charge is 0.335 e. The highest BCUT2D eigenvalue weighted by Gasteiger charge is 2.28. The maximum absolute atomic E-state index is 13.8. The Hall–Kier alpha value is -0.610. The quantitative estimate of drug-likeness (QED) is 0.731. The second-order valence-corrected chi connectivity index (χ2v) is 5.81. The lowest BCUT2D eigenvalue weighted by molar-refractivity contribution is 0.0697. The fourth-order valence-electron chi connectivity index (χ4n) is 2.45. The minimum absolute atomic E-state index is 0.00276. The molecule has 104 valence electrons. The summed E-state index contributed by atoms with van der Waals surface area (Å²) in [5, 5.41) is 0.896. The number of alkyl halides is 1. The molecule has 1 amide bonds. The first-order valence-corrected chi connectivity index (χ1v) is 7.96. The SMILES string of the molecule is O=C(c1c(F)cccc1Cl)N1CCCCCC1CBr. The van der Waals surface area contributed by atoms with E-state index in [-0.39, 0.29) is 22.5 Å². The van der Waals surface area contributed by atoms with Crippen LogP contribution in [0.2, 0.25) is 5.02 Å². The molecule has 1 heterocycles. The molecule has 0 aliphatic carbocycles. The van der Waals surface area contributed by atoms with E-state index in [1.807, 2.05) is 0 Å². The van der Waals surface area contributed by atoms with Crippen molar-refractivity contribution in [3.63, 3.8) is 0 Å². The van der Waals surface area contributed by atoms with Crippen molar-refractivity contribution in [3.05, 3.63) is 34.6 Å². The van der Waals surface area contributed by atoms with Crippen LogP contribution in [0, 0.1) is 5.82 Å². The molecule has 0 spiro atoms. The lowest BCUT2D eigenvalue weighted by atomic mass is 10.1. The summed E-state index contributed by atoms with van der Waals surface area (Å²) in [6, 6.07) is 4.46. The Balaban J connectivity index is 2.30. The van der Waals surface area contributed by atoms with Crippen LogP contribution in [-0.2, 0) is 0 Å². The molecule has 1 aliphatic heterocycles. The summed E-state index contributed by atoms with van der Waals surface area (Å²) in [4.78, 5) is 14.3. The summed E-state index contributed by atoms with van der Waals surface area (Å²) in [7, 11) is 0. The number of benzene rings is 1. The highest BCUT2D eigenvalue weighted by atomic mass is 79.9. The van der Waals surface area contributed by atoms with Gasteiger partial charge in [0.05, 0.1) is 10.6 Å². The lowest BCUT2D eigenvalue weighted by Gasteiger charge is -2.29. The summed E-state index contributed by atoms with van der Waals surface area (Å²) in [6.45, 7) is 0.666. The minimum atomic E-state index is -0.546. The standard InChI is InChI=1S/C14H16BrClFNO/c15-9-10-5-2-1-3-8-18(10)14(19)13-11(16)6-4-7-12(13)17/h4,6-7,10H,1-3,5,8-9H2. The van der Waals surface area contributed by atoms with Gasteiger partial charge in [0.15, 0.2) is 0 Å². The van der Waals surface area contributed by atoms with Gasteiger partial charge in [-0.3, -0.25) is 4.79 Å². The van der Waals surface area contributed by atoms with Crippen molar-refractivity contribution in [2.24, 2.45) is 0 Å². The van der Waals surface area contributed by atoms with Crippen molar-refractivity contribution in [2.75, 3.05) is 11.9 Å². The molecule has 2 nitrogen and oxygen atoms in total. The van der Waals surface area contributed by atoms with Gasteiger partial charge in [0.2, 0.25) is 0 Å². The molecule has 1 atom stereocenters. The third-order valence-electron chi connectivity index (χ3n) is 3.49. The van der Waals surface area contributed by atoms with Crippen molar-refractivity contribution in [2.45, 2.75) is 31.7 Å². The average Bonchev–Trinajstić information content (AvgIpc) is 2.63. The maximum Gasteiger partial charge on any atom is 0.258 e. The van der Waals surface area contributed by atoms with E-state index in [0.717, 1.165) is 25.7 Å². The van der Waals surface area contributed by atoms with Gasteiger partial charge in [-0.05, 0) is 25.0 Å². The summed E-state index contributed by atoms with van der Waals surface area (Å²) >= 11 is 9.42. The van der Waals surface area contributed by atoms with Gasteiger partial charge in [-0.2, -0.15) is 0 Å². The number of likely N-dealkylation sites (tertiary alicyclic amines) is 1. The Kier molecular flexibility index (Phi) is 5.22. The molecule has 1 saturated heterocycles. The normalized spacial score (nSPS) is 20.2. The topological polar surface area (TPSA) is 20.3 Å². The van der Waals surface area contributed by atoms with E-state index in [1.165, 1.54) is 12.1 Å². The van der Waals surface area contributed by atoms with Crippen LogP contribution in [0.3, 0.4) is 0 Å². The van der Waals surface area contributed by atoms with Crippen LogP contribution in [0.4, 0.5) is 4.39 Å². The number of hydrogen-bond acceptors (Lipinski definition) is 1. The minimum Gasteiger partial charge on any atom is -0.335 e. The fraction of sp³-hybridized carbons (Fsp3) is 0.500. The van der Waals surface area contributed by atoms with Gasteiger partial charge in [0.1, 0.15) is 5.82 Å². The number of carbonyl (C=O) groups excluding carboxylic acids is 1. The third kappa shape index (κ3) is 3.29. The van der Waals surface area contributed by atoms with E-state index in [0.29, 0.717) is 11.9 Å². The van der Waals surface area contributed by atoms with Crippen LogP contribution < -0.4 is 0 Å². The fourth-order valence-corrected chi connectivity index (χ4v) is 3.37. The zero-order chi connectivity index (χ0) is 13.8. The molecule has 1 aromatic rings. The molecular weight excluding hydrogens is 333 g/mol. The van der Waals surface area contributed by atoms with Crippen molar-refractivity contribution in [1.29, 1.82) is 0 Å². The first kappa shape index (κ1) is 14.8. The second-order valence-electron chi connectivity index (χ2n) is 4.75. The molecule has 1 aromatic carbocycles. The summed E-state index contributed by atoms with van der Waals surface area (Å²) in [5.74, 6) is -0.843. The van der Waals surface area contributed by atoms with E-state index in [9.17, 15) is 9.18 Å². The van der Waals surface area contributed by atoms with Crippen LogP contribution in [0.15, 0.2) is 18.2 Å². The Labute approximate surface area is 126 Å². The van der Waals surface area contributed by atoms with Gasteiger partial charge in [-0.15, -0.1) is 0 Å². The van der Waals surface area contributed by atoms with Crippen LogP contribution in [0.5, 0.6) is 0 Å². The molecule has 19 heavy (non-hydrogen) atoms. The highest BCUT2D eigenvalue weighted by molar-refractivity contribution is 9.09. The molecule has 1 fully saturated rings.